The first-order valence-electron chi connectivity index (χ1n) is 8.07. The second-order valence-corrected chi connectivity index (χ2v) is 5.91. The lowest BCUT2D eigenvalue weighted by Gasteiger charge is -2.12. The minimum atomic E-state index is -0.0607. The van der Waals surface area contributed by atoms with E-state index in [0.29, 0.717) is 12.8 Å². The maximum absolute atomic E-state index is 12.7. The number of aryl methyl sites for hydroxylation is 2. The van der Waals surface area contributed by atoms with Gasteiger partial charge in [-0.3, -0.25) is 9.36 Å². The van der Waals surface area contributed by atoms with E-state index in [1.165, 1.54) is 10.1 Å². The summed E-state index contributed by atoms with van der Waals surface area (Å²) in [5.74, 6) is 0.264. The summed E-state index contributed by atoms with van der Waals surface area (Å²) in [7, 11) is 1.67. The van der Waals surface area contributed by atoms with Crippen molar-refractivity contribution in [2.75, 3.05) is 5.73 Å². The molecule has 0 saturated carbocycles. The first-order valence-corrected chi connectivity index (χ1v) is 8.07. The molecule has 3 rings (SSSR count). The first-order chi connectivity index (χ1) is 11.6. The highest BCUT2D eigenvalue weighted by Gasteiger charge is 2.14. The molecule has 0 radical (unpaired) electrons. The molecule has 3 aromatic rings. The van der Waals surface area contributed by atoms with Gasteiger partial charge in [0, 0.05) is 19.0 Å². The number of hydrogen-bond acceptors (Lipinski definition) is 3. The van der Waals surface area contributed by atoms with Crippen LogP contribution in [0.25, 0.3) is 0 Å². The van der Waals surface area contributed by atoms with Crippen molar-refractivity contribution in [3.05, 3.63) is 93.4 Å². The van der Waals surface area contributed by atoms with Crippen LogP contribution >= 0.6 is 0 Å². The molecule has 0 amide bonds. The normalized spacial score (nSPS) is 10.7. The zero-order valence-corrected chi connectivity index (χ0v) is 13.8. The molecule has 0 fully saturated rings. The third kappa shape index (κ3) is 3.54. The summed E-state index contributed by atoms with van der Waals surface area (Å²) in [4.78, 5) is 17.2. The van der Waals surface area contributed by atoms with Crippen LogP contribution in [0.1, 0.15) is 22.4 Å². The zero-order chi connectivity index (χ0) is 16.9. The SMILES string of the molecule is Cn1c(N)nc(CCc2ccccc2)c(Cc2ccccc2)c1=O. The van der Waals surface area contributed by atoms with Crippen molar-refractivity contribution < 1.29 is 0 Å². The van der Waals surface area contributed by atoms with Crippen molar-refractivity contribution in [3.8, 4) is 0 Å². The number of anilines is 1. The van der Waals surface area contributed by atoms with Gasteiger partial charge < -0.3 is 5.73 Å². The summed E-state index contributed by atoms with van der Waals surface area (Å²) in [5.41, 5.74) is 9.69. The average Bonchev–Trinajstić information content (AvgIpc) is 2.62. The molecule has 1 heterocycles. The Balaban J connectivity index is 1.93. The summed E-state index contributed by atoms with van der Waals surface area (Å²) in [6.45, 7) is 0. The molecule has 0 unspecified atom stereocenters. The fraction of sp³-hybridized carbons (Fsp3) is 0.200. The van der Waals surface area contributed by atoms with Crippen LogP contribution in [0, 0.1) is 0 Å². The number of aromatic nitrogens is 2. The van der Waals surface area contributed by atoms with Gasteiger partial charge >= 0.3 is 0 Å². The quantitative estimate of drug-likeness (QED) is 0.786. The van der Waals surface area contributed by atoms with E-state index in [-0.39, 0.29) is 11.5 Å². The summed E-state index contributed by atoms with van der Waals surface area (Å²) >= 11 is 0. The molecule has 2 aromatic carbocycles. The van der Waals surface area contributed by atoms with Gasteiger partial charge in [0.25, 0.3) is 5.56 Å². The van der Waals surface area contributed by atoms with Crippen LogP contribution in [0.15, 0.2) is 65.5 Å². The molecule has 4 heteroatoms. The van der Waals surface area contributed by atoms with Crippen LogP contribution in [0.3, 0.4) is 0 Å². The Morgan fingerprint density at radius 3 is 2.12 bits per heavy atom. The van der Waals surface area contributed by atoms with Crippen LogP contribution in [-0.4, -0.2) is 9.55 Å². The first kappa shape index (κ1) is 16.0. The van der Waals surface area contributed by atoms with Crippen molar-refractivity contribution in [2.45, 2.75) is 19.3 Å². The van der Waals surface area contributed by atoms with Crippen molar-refractivity contribution in [2.24, 2.45) is 7.05 Å². The van der Waals surface area contributed by atoms with E-state index in [4.69, 9.17) is 5.73 Å². The van der Waals surface area contributed by atoms with E-state index in [0.717, 1.165) is 23.2 Å². The van der Waals surface area contributed by atoms with Gasteiger partial charge in [0.15, 0.2) is 0 Å². The van der Waals surface area contributed by atoms with E-state index in [1.54, 1.807) is 7.05 Å². The Kier molecular flexibility index (Phi) is 4.75. The zero-order valence-electron chi connectivity index (χ0n) is 13.8. The van der Waals surface area contributed by atoms with Gasteiger partial charge in [0.2, 0.25) is 5.95 Å². The lowest BCUT2D eigenvalue weighted by Crippen LogP contribution is -2.27. The van der Waals surface area contributed by atoms with Gasteiger partial charge in [0.1, 0.15) is 0 Å². The van der Waals surface area contributed by atoms with Crippen LogP contribution in [-0.2, 0) is 26.3 Å². The van der Waals surface area contributed by atoms with Crippen molar-refractivity contribution in [1.82, 2.24) is 9.55 Å². The van der Waals surface area contributed by atoms with Crippen LogP contribution < -0.4 is 11.3 Å². The summed E-state index contributed by atoms with van der Waals surface area (Å²) in [5, 5.41) is 0. The van der Waals surface area contributed by atoms with Gasteiger partial charge in [-0.2, -0.15) is 0 Å². The molecular weight excluding hydrogens is 298 g/mol. The number of nitrogens with zero attached hydrogens (tertiary/aromatic N) is 2. The molecule has 0 aliphatic rings. The van der Waals surface area contributed by atoms with Crippen LogP contribution in [0.2, 0.25) is 0 Å². The van der Waals surface area contributed by atoms with Crippen molar-refractivity contribution in [1.29, 1.82) is 0 Å². The maximum Gasteiger partial charge on any atom is 0.258 e. The second kappa shape index (κ2) is 7.13. The Bertz CT molecular complexity index is 871. The summed E-state index contributed by atoms with van der Waals surface area (Å²) in [6.07, 6.45) is 2.11. The highest BCUT2D eigenvalue weighted by atomic mass is 16.1. The lowest BCUT2D eigenvalue weighted by atomic mass is 10.0. The van der Waals surface area contributed by atoms with E-state index in [1.807, 2.05) is 48.5 Å². The van der Waals surface area contributed by atoms with Gasteiger partial charge in [-0.25, -0.2) is 4.98 Å². The Morgan fingerprint density at radius 2 is 1.50 bits per heavy atom. The van der Waals surface area contributed by atoms with Gasteiger partial charge in [-0.05, 0) is 24.0 Å². The molecule has 0 bridgehead atoms. The number of nitrogens with two attached hydrogens (primary N) is 1. The third-order valence-electron chi connectivity index (χ3n) is 4.22. The predicted octanol–water partition coefficient (Wildman–Crippen LogP) is 2.74. The molecule has 2 N–H and O–H groups in total. The van der Waals surface area contributed by atoms with E-state index in [9.17, 15) is 4.79 Å². The smallest absolute Gasteiger partial charge is 0.258 e. The highest BCUT2D eigenvalue weighted by Crippen LogP contribution is 2.13. The van der Waals surface area contributed by atoms with Gasteiger partial charge in [0.05, 0.1) is 5.69 Å². The molecule has 1 aromatic heterocycles. The predicted molar refractivity (Wildman–Crippen MR) is 97.0 cm³/mol. The Labute approximate surface area is 141 Å². The molecular formula is C20H21N3O. The highest BCUT2D eigenvalue weighted by molar-refractivity contribution is 5.32. The Hall–Kier alpha value is -2.88. The second-order valence-electron chi connectivity index (χ2n) is 5.91. The third-order valence-corrected chi connectivity index (χ3v) is 4.22. The van der Waals surface area contributed by atoms with Crippen LogP contribution in [0.5, 0.6) is 0 Å². The molecule has 0 spiro atoms. The van der Waals surface area contributed by atoms with E-state index >= 15 is 0 Å². The van der Waals surface area contributed by atoms with E-state index in [2.05, 4.69) is 17.1 Å². The standard InChI is InChI=1S/C20H21N3O/c1-23-19(24)17(14-16-10-6-3-7-11-16)18(22-20(23)21)13-12-15-8-4-2-5-9-15/h2-11H,12-14H2,1H3,(H2,21,22). The topological polar surface area (TPSA) is 60.9 Å². The maximum atomic E-state index is 12.7. The minimum absolute atomic E-state index is 0.0607. The van der Waals surface area contributed by atoms with Crippen molar-refractivity contribution in [3.63, 3.8) is 0 Å². The van der Waals surface area contributed by atoms with E-state index < -0.39 is 0 Å². The number of benzene rings is 2. The van der Waals surface area contributed by atoms with Crippen LogP contribution in [0.4, 0.5) is 5.95 Å². The molecule has 0 atom stereocenters. The molecule has 0 aliphatic carbocycles. The Morgan fingerprint density at radius 1 is 0.917 bits per heavy atom. The molecule has 24 heavy (non-hydrogen) atoms. The summed E-state index contributed by atoms with van der Waals surface area (Å²) in [6, 6.07) is 20.2. The van der Waals surface area contributed by atoms with Crippen molar-refractivity contribution >= 4 is 5.95 Å². The fourth-order valence-electron chi connectivity index (χ4n) is 2.80. The van der Waals surface area contributed by atoms with Gasteiger partial charge in [-0.1, -0.05) is 60.7 Å². The molecule has 122 valence electrons. The minimum Gasteiger partial charge on any atom is -0.369 e. The fourth-order valence-corrected chi connectivity index (χ4v) is 2.80. The van der Waals surface area contributed by atoms with Gasteiger partial charge in [-0.15, -0.1) is 0 Å². The molecule has 4 nitrogen and oxygen atoms in total. The monoisotopic (exact) mass is 319 g/mol. The number of rotatable bonds is 5. The molecule has 0 saturated heterocycles. The summed E-state index contributed by atoms with van der Waals surface area (Å²) < 4.78 is 1.42. The largest absolute Gasteiger partial charge is 0.369 e. The number of hydrogen-bond donors (Lipinski definition) is 1. The average molecular weight is 319 g/mol. The molecule has 0 aliphatic heterocycles. The lowest BCUT2D eigenvalue weighted by molar-refractivity contribution is 0.778. The number of nitrogen functional groups attached to an aromatic ring is 1.